The fourth-order valence-corrected chi connectivity index (χ4v) is 11.8. The van der Waals surface area contributed by atoms with Gasteiger partial charge in [0.1, 0.15) is 22.9 Å². The molecule has 20 heteroatoms. The number of anilines is 2. The van der Waals surface area contributed by atoms with E-state index in [-0.39, 0.29) is 50.4 Å². The molecule has 390 valence electrons. The van der Waals surface area contributed by atoms with Crippen LogP contribution in [0.25, 0.3) is 22.2 Å². The maximum atomic E-state index is 14.2. The minimum absolute atomic E-state index is 0. The van der Waals surface area contributed by atoms with Crippen molar-refractivity contribution in [3.05, 3.63) is 153 Å². The Labute approximate surface area is 447 Å². The summed E-state index contributed by atoms with van der Waals surface area (Å²) in [5, 5.41) is 1.88. The summed E-state index contributed by atoms with van der Waals surface area (Å²) in [6.45, 7) is 27.5. The third-order valence-electron chi connectivity index (χ3n) is 12.8. The number of hydrogen-bond donors (Lipinski definition) is 4. The van der Waals surface area contributed by atoms with Gasteiger partial charge in [-0.3, -0.25) is 19.0 Å². The summed E-state index contributed by atoms with van der Waals surface area (Å²) < 4.78 is 59.0. The van der Waals surface area contributed by atoms with Crippen LogP contribution in [0, 0.1) is 83.1 Å². The van der Waals surface area contributed by atoms with Crippen molar-refractivity contribution < 1.29 is 26.4 Å². The molecule has 0 saturated heterocycles. The van der Waals surface area contributed by atoms with Crippen molar-refractivity contribution in [2.75, 3.05) is 9.44 Å². The minimum Gasteiger partial charge on any atom is -0.343 e. The molecule has 15 nitrogen and oxygen atoms in total. The fraction of sp³-hybridized carbons (Fsp3) is 0.315. The highest BCUT2D eigenvalue weighted by molar-refractivity contribution is 7.93. The normalized spacial score (nSPS) is 11.9. The van der Waals surface area contributed by atoms with Crippen molar-refractivity contribution >= 4 is 100.0 Å². The number of carbonyl (C=O) groups is 2. The summed E-state index contributed by atoms with van der Waals surface area (Å²) in [5.74, 6) is -0.238. The zero-order valence-corrected chi connectivity index (χ0v) is 47.1. The van der Waals surface area contributed by atoms with Gasteiger partial charge in [-0.1, -0.05) is 63.0 Å². The van der Waals surface area contributed by atoms with Gasteiger partial charge in [-0.2, -0.15) is 0 Å². The number of nitrogens with zero attached hydrogens (tertiary/aromatic N) is 5. The summed E-state index contributed by atoms with van der Waals surface area (Å²) in [6.07, 6.45) is 0. The fourth-order valence-electron chi connectivity index (χ4n) is 8.97. The lowest BCUT2D eigenvalue weighted by Crippen LogP contribution is -2.23. The van der Waals surface area contributed by atoms with Crippen LogP contribution in [-0.4, -0.2) is 63.3 Å². The number of ketones is 2. The summed E-state index contributed by atoms with van der Waals surface area (Å²) >= 11 is 18.7. The van der Waals surface area contributed by atoms with Crippen LogP contribution < -0.4 is 9.44 Å². The Morgan fingerprint density at radius 3 is 1.62 bits per heavy atom. The first-order valence-corrected chi connectivity index (χ1v) is 27.1. The van der Waals surface area contributed by atoms with Crippen molar-refractivity contribution in [2.24, 2.45) is 0 Å². The zero-order valence-electron chi connectivity index (χ0n) is 43.2. The topological polar surface area (TPSA) is 223 Å². The molecule has 2 aromatic carbocycles. The summed E-state index contributed by atoms with van der Waals surface area (Å²) in [6, 6.07) is 10.5. The smallest absolute Gasteiger partial charge is 0.261 e. The molecular weight excluding hydrogens is 1040 g/mol. The predicted molar refractivity (Wildman–Crippen MR) is 297 cm³/mol. The number of sulfonamides is 2. The van der Waals surface area contributed by atoms with Gasteiger partial charge in [-0.05, 0) is 170 Å². The van der Waals surface area contributed by atoms with Crippen LogP contribution in [0.4, 0.5) is 11.4 Å². The number of H-pyrrole nitrogens is 2. The van der Waals surface area contributed by atoms with E-state index in [1.54, 1.807) is 47.6 Å². The Morgan fingerprint density at radius 2 is 1.09 bits per heavy atom. The first-order chi connectivity index (χ1) is 33.8. The SMILES string of the molecule is C.Cc1cc(C(=O)c2nc(C)c(C(C)(C)C)c(C)c2NS(=O)(=O)c2ccc(Cl)c(C)c2)c2[nH]c(C)nc2n1.Cc1cc(S(=O)(=O)Nc2c(C(=O)c3c(C)c(C)nc4[nH]c(C)c(C)c34)nc(C)c(Cl)c2C)ccc1Cl. The Balaban J connectivity index is 0.000000238. The first kappa shape index (κ1) is 57.0. The Bertz CT molecular complexity index is 3880. The van der Waals surface area contributed by atoms with E-state index in [0.717, 1.165) is 16.8 Å². The Hall–Kier alpha value is -6.24. The average Bonchev–Trinajstić information content (AvgIpc) is 3.81. The van der Waals surface area contributed by atoms with Crippen LogP contribution in [0.15, 0.2) is 52.3 Å². The molecule has 0 unspecified atom stereocenters. The van der Waals surface area contributed by atoms with E-state index in [2.05, 4.69) is 44.3 Å². The number of rotatable bonds is 10. The molecule has 0 spiro atoms. The van der Waals surface area contributed by atoms with E-state index in [9.17, 15) is 26.4 Å². The second-order valence-corrected chi connectivity index (χ2v) is 23.9. The summed E-state index contributed by atoms with van der Waals surface area (Å²) in [7, 11) is -8.15. The highest BCUT2D eigenvalue weighted by Crippen LogP contribution is 2.38. The Kier molecular flexibility index (Phi) is 16.0. The number of aryl methyl sites for hydroxylation is 9. The molecule has 0 bridgehead atoms. The molecule has 0 amide bonds. The number of halogens is 3. The number of pyridine rings is 4. The second-order valence-electron chi connectivity index (χ2n) is 19.3. The number of aromatic nitrogens is 7. The van der Waals surface area contributed by atoms with E-state index in [1.807, 2.05) is 62.3 Å². The quantitative estimate of drug-likeness (QED) is 0.0943. The van der Waals surface area contributed by atoms with Gasteiger partial charge < -0.3 is 9.97 Å². The van der Waals surface area contributed by atoms with E-state index in [1.165, 1.54) is 36.4 Å². The molecule has 6 aromatic heterocycles. The molecule has 8 rings (SSSR count). The molecule has 8 aromatic rings. The highest BCUT2D eigenvalue weighted by atomic mass is 35.5. The molecule has 74 heavy (non-hydrogen) atoms. The highest BCUT2D eigenvalue weighted by Gasteiger charge is 2.32. The van der Waals surface area contributed by atoms with E-state index in [0.29, 0.717) is 99.8 Å². The number of nitrogens with one attached hydrogen (secondary N) is 4. The van der Waals surface area contributed by atoms with Crippen molar-refractivity contribution in [1.29, 1.82) is 0 Å². The molecule has 0 aliphatic carbocycles. The van der Waals surface area contributed by atoms with Gasteiger partial charge in [0.05, 0.1) is 43.0 Å². The number of carbonyl (C=O) groups excluding carboxylic acids is 2. The first-order valence-electron chi connectivity index (χ1n) is 23.0. The minimum atomic E-state index is -4.09. The number of imidazole rings is 1. The van der Waals surface area contributed by atoms with Crippen molar-refractivity contribution in [1.82, 2.24) is 34.9 Å². The number of fused-ring (bicyclic) bond motifs is 2. The van der Waals surface area contributed by atoms with E-state index >= 15 is 0 Å². The second kappa shape index (κ2) is 20.8. The van der Waals surface area contributed by atoms with Gasteiger partial charge in [0.15, 0.2) is 5.65 Å². The Morgan fingerprint density at radius 1 is 0.581 bits per heavy atom. The van der Waals surface area contributed by atoms with Crippen LogP contribution in [0.2, 0.25) is 15.1 Å². The number of benzene rings is 2. The lowest BCUT2D eigenvalue weighted by atomic mass is 9.82. The van der Waals surface area contributed by atoms with Gasteiger partial charge in [0, 0.05) is 43.8 Å². The predicted octanol–water partition coefficient (Wildman–Crippen LogP) is 13.0. The molecule has 4 N–H and O–H groups in total. The van der Waals surface area contributed by atoms with Gasteiger partial charge in [0.25, 0.3) is 20.0 Å². The van der Waals surface area contributed by atoms with Crippen LogP contribution in [0.3, 0.4) is 0 Å². The maximum Gasteiger partial charge on any atom is 0.261 e. The summed E-state index contributed by atoms with van der Waals surface area (Å²) in [5.41, 5.74) is 10.1. The van der Waals surface area contributed by atoms with Gasteiger partial charge >= 0.3 is 0 Å². The average molecular weight is 1100 g/mol. The van der Waals surface area contributed by atoms with Crippen molar-refractivity contribution in [3.63, 3.8) is 0 Å². The van der Waals surface area contributed by atoms with Crippen LogP contribution in [-0.2, 0) is 25.5 Å². The van der Waals surface area contributed by atoms with Crippen LogP contribution >= 0.6 is 34.8 Å². The molecule has 0 aliphatic rings. The van der Waals surface area contributed by atoms with Crippen LogP contribution in [0.5, 0.6) is 0 Å². The lowest BCUT2D eigenvalue weighted by Gasteiger charge is -2.27. The molecule has 0 radical (unpaired) electrons. The van der Waals surface area contributed by atoms with E-state index < -0.39 is 31.6 Å². The largest absolute Gasteiger partial charge is 0.343 e. The zero-order chi connectivity index (χ0) is 54.1. The molecule has 0 aliphatic heterocycles. The maximum absolute atomic E-state index is 14.2. The van der Waals surface area contributed by atoms with E-state index in [4.69, 9.17) is 34.8 Å². The third kappa shape index (κ3) is 10.8. The lowest BCUT2D eigenvalue weighted by molar-refractivity contribution is 0.102. The molecule has 0 saturated carbocycles. The van der Waals surface area contributed by atoms with Crippen molar-refractivity contribution in [2.45, 2.75) is 126 Å². The molecular formula is C54H60Cl3N9O6S2. The van der Waals surface area contributed by atoms with Gasteiger partial charge in [-0.15, -0.1) is 0 Å². The number of aromatic amines is 2. The van der Waals surface area contributed by atoms with Crippen molar-refractivity contribution in [3.8, 4) is 0 Å². The standard InChI is InChI=1S/C27H30ClN5O3S.C26H26Cl2N4O3S.CH4/c1-13-11-18(9-10-20(13)28)37(35,36)33-22-15(3)21(27(6,7)8)16(4)30-24(22)25(34)19-12-14(2)29-26-23(19)31-17(5)32-26;1-11-10-18(8-9-19(11)27)36(34,35)32-23-14(4)22(28)17(7)29-24(23)25(33)20-12(2)15(5)30-26-21(20)13(3)16(6)31-26;/h9-12,33H,1-8H3,(H,29,31,32);8-10,32H,1-7H3,(H,30,31);1H4. The number of hydrogen-bond acceptors (Lipinski definition) is 11. The molecule has 6 heterocycles. The monoisotopic (exact) mass is 1100 g/mol. The molecule has 0 atom stereocenters. The molecule has 0 fully saturated rings. The third-order valence-corrected chi connectivity index (χ3v) is 16.9. The van der Waals surface area contributed by atoms with Crippen LogP contribution in [0.1, 0.15) is 134 Å². The van der Waals surface area contributed by atoms with Gasteiger partial charge in [0.2, 0.25) is 11.6 Å². The van der Waals surface area contributed by atoms with Gasteiger partial charge in [-0.25, -0.2) is 41.8 Å². The summed E-state index contributed by atoms with van der Waals surface area (Å²) in [4.78, 5) is 57.1.